The van der Waals surface area contributed by atoms with Gasteiger partial charge in [0.2, 0.25) is 0 Å². The van der Waals surface area contributed by atoms with Crippen LogP contribution in [0.25, 0.3) is 187 Å². The Morgan fingerprint density at radius 1 is 0.262 bits per heavy atom. The number of anilines is 6. The van der Waals surface area contributed by atoms with Crippen molar-refractivity contribution in [2.45, 2.75) is 13.8 Å². The zero-order chi connectivity index (χ0) is 80.6. The second-order valence-electron chi connectivity index (χ2n) is 31.0. The van der Waals surface area contributed by atoms with Gasteiger partial charge in [0.25, 0.3) is 0 Å². The Balaban J connectivity index is 0.000000133. The third-order valence-corrected chi connectivity index (χ3v) is 23.6. The average Bonchev–Trinajstić information content (AvgIpc) is 1.50. The molecule has 0 unspecified atom stereocenters. The second-order valence-corrected chi connectivity index (χ2v) is 31.0. The largest absolute Gasteiger partial charge is 1.00 e. The number of fused-ring (bicyclic) bond motifs is 14. The molecule has 0 aliphatic heterocycles. The van der Waals surface area contributed by atoms with Gasteiger partial charge in [-0.25, -0.2) is 15.0 Å². The zero-order valence-electron chi connectivity index (χ0n) is 67.1. The summed E-state index contributed by atoms with van der Waals surface area (Å²) in [6, 6.07) is 141. The third kappa shape index (κ3) is 13.1. The number of nitrogens with zero attached hydrogens (tertiary/aromatic N) is 6. The van der Waals surface area contributed by atoms with Crippen LogP contribution in [0.2, 0.25) is 0 Å². The molecule has 0 saturated heterocycles. The molecule has 24 rings (SSSR count). The van der Waals surface area contributed by atoms with Crippen molar-refractivity contribution < 1.29 is 32.8 Å². The van der Waals surface area contributed by atoms with Gasteiger partial charge in [-0.15, -0.1) is 0 Å². The molecule has 0 atom stereocenters. The average molecular weight is 1560 g/mol. The van der Waals surface area contributed by atoms with E-state index < -0.39 is 0 Å². The van der Waals surface area contributed by atoms with Gasteiger partial charge in [0.1, 0.15) is 11.2 Å². The molecule has 4 aromatic heterocycles. The molecule has 0 aliphatic rings. The van der Waals surface area contributed by atoms with Crippen LogP contribution < -0.4 is 33.8 Å². The number of hydrogen-bond acceptors (Lipinski definition) is 9. The van der Waals surface area contributed by atoms with E-state index in [-0.39, 0.29) is 24.6 Å². The molecule has 0 radical (unpaired) electrons. The maximum absolute atomic E-state index is 11.1. The van der Waals surface area contributed by atoms with Gasteiger partial charge in [0.05, 0.1) is 28.3 Å². The van der Waals surface area contributed by atoms with Gasteiger partial charge in [0.15, 0.2) is 28.6 Å². The van der Waals surface area contributed by atoms with Crippen molar-refractivity contribution in [3.63, 3.8) is 0 Å². The van der Waals surface area contributed by atoms with E-state index in [1.807, 2.05) is 91.0 Å². The number of aromatic nitrogens is 4. The van der Waals surface area contributed by atoms with E-state index in [1.165, 1.54) is 109 Å². The van der Waals surface area contributed by atoms with Crippen LogP contribution in [0.3, 0.4) is 0 Å². The van der Waals surface area contributed by atoms with E-state index in [1.54, 1.807) is 12.3 Å². The fraction of sp³-hybridized carbons (Fsp3) is 0.0179. The summed E-state index contributed by atoms with van der Waals surface area (Å²) in [4.78, 5) is 23.5. The zero-order valence-corrected chi connectivity index (χ0v) is 67.1. The summed E-state index contributed by atoms with van der Waals surface area (Å²) < 4.78 is 13.4. The fourth-order valence-corrected chi connectivity index (χ4v) is 18.0. The summed E-state index contributed by atoms with van der Waals surface area (Å²) in [5, 5.41) is 33.7. The Kier molecular flexibility index (Phi) is 18.9. The molecule has 0 fully saturated rings. The third-order valence-electron chi connectivity index (χ3n) is 23.6. The normalized spacial score (nSPS) is 11.5. The maximum atomic E-state index is 11.1. The quantitative estimate of drug-likeness (QED) is 0.0924. The van der Waals surface area contributed by atoms with Crippen LogP contribution in [-0.4, -0.2) is 19.9 Å². The Bertz CT molecular complexity index is 7840. The first-order valence-corrected chi connectivity index (χ1v) is 40.8. The molecule has 570 valence electrons. The van der Waals surface area contributed by atoms with Gasteiger partial charge >= 0.3 is 18.9 Å². The van der Waals surface area contributed by atoms with Crippen molar-refractivity contribution in [1.82, 2.24) is 19.9 Å². The van der Waals surface area contributed by atoms with Crippen LogP contribution in [0.5, 0.6) is 5.75 Å². The summed E-state index contributed by atoms with van der Waals surface area (Å²) >= 11 is 0. The minimum absolute atomic E-state index is 0. The standard InChI is InChI=1S/C54H36N2O2.C49H31N3.C9H7NO.Li/c1-33-11-7-13-37(31-33)55(47-19-9-17-41-39-15-3-5-21-49(39)57-53(41)47)45-29-25-35-24-28-44-46(30-26-36-23-27-43(45)51(35)52(36)44)56(38-14-8-12-34(2)32-38)48-20-10-18-42-40-16-4-6-22-50(40)58-54(42)48;1-3-14-34(15-4-1)47-50-48(35-16-5-2-6-17-35)52-49(51-47)36-25-23-33(24-26-36)46-38-18-8-7-13-32(38)27-29-39(46)37-28-30-44-42-21-10-9-19-40(42)41-20-11-12-22-43(41)45(44)31-37;11-8-5-1-3-7-4-2-6-10-9(7)8;/h3-32H,1-2H3;1-31H;1-6,11H;/q;;;+1/p-1. The number of rotatable bonds is 11. The topological polar surface area (TPSA) is 107 Å². The van der Waals surface area contributed by atoms with Gasteiger partial charge in [-0.1, -0.05) is 333 Å². The van der Waals surface area contributed by atoms with Crippen LogP contribution in [0.4, 0.5) is 34.1 Å². The molecule has 0 amide bonds. The number of furan rings is 2. The molecule has 122 heavy (non-hydrogen) atoms. The number of pyridine rings is 1. The fourth-order valence-electron chi connectivity index (χ4n) is 18.0. The number of aryl methyl sites for hydroxylation is 2. The molecule has 20 aromatic carbocycles. The molecule has 10 heteroatoms. The summed E-state index contributed by atoms with van der Waals surface area (Å²) in [5.74, 6) is 1.94. The van der Waals surface area contributed by atoms with Crippen molar-refractivity contribution in [3.05, 3.63) is 418 Å². The van der Waals surface area contributed by atoms with Crippen molar-refractivity contribution in [3.8, 4) is 62.2 Å². The van der Waals surface area contributed by atoms with Gasteiger partial charge in [-0.3, -0.25) is 4.98 Å². The van der Waals surface area contributed by atoms with Crippen molar-refractivity contribution >= 4 is 164 Å². The van der Waals surface area contributed by atoms with Crippen LogP contribution in [0.15, 0.2) is 415 Å². The van der Waals surface area contributed by atoms with Gasteiger partial charge in [-0.2, -0.15) is 0 Å². The van der Waals surface area contributed by atoms with Crippen LogP contribution >= 0.6 is 0 Å². The molecular formula is C112H73LiN6O3. The van der Waals surface area contributed by atoms with Gasteiger partial charge < -0.3 is 23.7 Å². The van der Waals surface area contributed by atoms with Crippen molar-refractivity contribution in [2.75, 3.05) is 9.80 Å². The molecule has 0 spiro atoms. The predicted molar refractivity (Wildman–Crippen MR) is 502 cm³/mol. The van der Waals surface area contributed by atoms with Crippen molar-refractivity contribution in [1.29, 1.82) is 0 Å². The predicted octanol–water partition coefficient (Wildman–Crippen LogP) is 27.1. The monoisotopic (exact) mass is 1560 g/mol. The molecule has 0 saturated carbocycles. The Hall–Kier alpha value is -15.5. The molecule has 9 nitrogen and oxygen atoms in total. The van der Waals surface area contributed by atoms with Gasteiger partial charge in [0, 0.05) is 66.6 Å². The summed E-state index contributed by atoms with van der Waals surface area (Å²) in [6.07, 6.45) is 1.63. The van der Waals surface area contributed by atoms with E-state index >= 15 is 0 Å². The van der Waals surface area contributed by atoms with Crippen molar-refractivity contribution in [2.24, 2.45) is 0 Å². The number of benzene rings is 20. The van der Waals surface area contributed by atoms with E-state index in [0.717, 1.165) is 106 Å². The molecular weight excluding hydrogens is 1480 g/mol. The smallest absolute Gasteiger partial charge is 0.871 e. The second kappa shape index (κ2) is 31.1. The number of hydrogen-bond donors (Lipinski definition) is 0. The molecule has 0 bridgehead atoms. The minimum Gasteiger partial charge on any atom is -0.871 e. The Morgan fingerprint density at radius 2 is 0.656 bits per heavy atom. The SMILES string of the molecule is Cc1cccc(N(c2ccc3ccc4c(N(c5cccc(C)c5)c5cccc6c5oc5ccccc56)ccc5ccc2c3c54)c2cccc3c2oc2ccccc23)c1.[Li+].[O-]c1cccc2cccnc12.c1ccc(-c2nc(-c3ccccc3)nc(-c3ccc(-c4c(-c5ccc6c7ccccc7c7ccccc7c6c5)ccc5ccccc45)cc3)n2)cc1. The van der Waals surface area contributed by atoms with Crippen LogP contribution in [-0.2, 0) is 0 Å². The summed E-state index contributed by atoms with van der Waals surface area (Å²) in [6.45, 7) is 4.31. The molecule has 0 aliphatic carbocycles. The van der Waals surface area contributed by atoms with E-state index in [9.17, 15) is 5.11 Å². The Labute approximate surface area is 715 Å². The van der Waals surface area contributed by atoms with Gasteiger partial charge in [-0.05, 0) is 190 Å². The van der Waals surface area contributed by atoms with E-state index in [2.05, 4.69) is 326 Å². The number of para-hydroxylation sites is 5. The summed E-state index contributed by atoms with van der Waals surface area (Å²) in [5.41, 5.74) is 20.4. The minimum atomic E-state index is -0.0110. The first kappa shape index (κ1) is 74.1. The molecule has 0 N–H and O–H groups in total. The first-order chi connectivity index (χ1) is 59.7. The van der Waals surface area contributed by atoms with E-state index in [0.29, 0.717) is 23.0 Å². The van der Waals surface area contributed by atoms with Crippen LogP contribution in [0, 0.1) is 13.8 Å². The Morgan fingerprint density at radius 3 is 1.18 bits per heavy atom. The molecule has 24 aromatic rings. The molecule has 4 heterocycles. The first-order valence-electron chi connectivity index (χ1n) is 40.8. The maximum Gasteiger partial charge on any atom is 1.00 e. The summed E-state index contributed by atoms with van der Waals surface area (Å²) in [7, 11) is 0. The van der Waals surface area contributed by atoms with Crippen LogP contribution in [0.1, 0.15) is 11.1 Å². The van der Waals surface area contributed by atoms with E-state index in [4.69, 9.17) is 23.8 Å².